The van der Waals surface area contributed by atoms with Crippen molar-refractivity contribution < 1.29 is 4.79 Å². The molecule has 0 heterocycles. The van der Waals surface area contributed by atoms with Crippen LogP contribution in [0.25, 0.3) is 0 Å². The summed E-state index contributed by atoms with van der Waals surface area (Å²) in [5.41, 5.74) is 7.40. The smallest absolute Gasteiger partial charge is 0.317 e. The van der Waals surface area contributed by atoms with Crippen LogP contribution in [0.15, 0.2) is 24.3 Å². The molecule has 1 aromatic rings. The third-order valence-electron chi connectivity index (χ3n) is 2.31. The van der Waals surface area contributed by atoms with E-state index in [0.717, 1.165) is 5.56 Å². The first-order chi connectivity index (χ1) is 7.15. The van der Waals surface area contributed by atoms with Gasteiger partial charge in [-0.05, 0) is 18.6 Å². The highest BCUT2D eigenvalue weighted by atomic mass is 16.2. The van der Waals surface area contributed by atoms with Gasteiger partial charge in [-0.15, -0.1) is 0 Å². The van der Waals surface area contributed by atoms with Crippen molar-refractivity contribution in [2.75, 3.05) is 19.3 Å². The molecule has 0 aliphatic carbocycles. The number of anilines is 1. The summed E-state index contributed by atoms with van der Waals surface area (Å²) in [6.07, 6.45) is 0. The van der Waals surface area contributed by atoms with Crippen molar-refractivity contribution in [3.05, 3.63) is 29.8 Å². The van der Waals surface area contributed by atoms with Gasteiger partial charge in [-0.2, -0.15) is 0 Å². The van der Waals surface area contributed by atoms with Gasteiger partial charge in [-0.1, -0.05) is 18.2 Å². The van der Waals surface area contributed by atoms with Crippen molar-refractivity contribution in [3.8, 4) is 0 Å². The number of para-hydroxylation sites is 1. The zero-order valence-electron chi connectivity index (χ0n) is 9.16. The summed E-state index contributed by atoms with van der Waals surface area (Å²) in [6.45, 7) is 3.09. The second-order valence-electron chi connectivity index (χ2n) is 3.37. The van der Waals surface area contributed by atoms with Crippen molar-refractivity contribution in [1.82, 2.24) is 10.2 Å². The van der Waals surface area contributed by atoms with E-state index >= 15 is 0 Å². The van der Waals surface area contributed by atoms with Gasteiger partial charge < -0.3 is 16.0 Å². The molecular formula is C11H17N3O. The van der Waals surface area contributed by atoms with E-state index in [1.807, 2.05) is 31.2 Å². The standard InChI is InChI=1S/C11H17N3O/c1-3-14(2)11(15)13-8-9-6-4-5-7-10(9)12/h4-7H,3,8,12H2,1-2H3,(H,13,15). The summed E-state index contributed by atoms with van der Waals surface area (Å²) >= 11 is 0. The highest BCUT2D eigenvalue weighted by Crippen LogP contribution is 2.09. The van der Waals surface area contributed by atoms with E-state index < -0.39 is 0 Å². The maximum Gasteiger partial charge on any atom is 0.317 e. The van der Waals surface area contributed by atoms with Crippen molar-refractivity contribution in [2.24, 2.45) is 0 Å². The Morgan fingerprint density at radius 2 is 2.13 bits per heavy atom. The van der Waals surface area contributed by atoms with E-state index in [4.69, 9.17) is 5.73 Å². The summed E-state index contributed by atoms with van der Waals surface area (Å²) in [5.74, 6) is 0. The predicted molar refractivity (Wildman–Crippen MR) is 61.4 cm³/mol. The lowest BCUT2D eigenvalue weighted by molar-refractivity contribution is 0.210. The third kappa shape index (κ3) is 3.16. The molecule has 2 amide bonds. The molecule has 0 saturated heterocycles. The molecule has 0 radical (unpaired) electrons. The minimum atomic E-state index is -0.0826. The Kier molecular flexibility index (Phi) is 3.97. The first-order valence-corrected chi connectivity index (χ1v) is 4.97. The Hall–Kier alpha value is -1.71. The maximum atomic E-state index is 11.4. The molecule has 4 nitrogen and oxygen atoms in total. The normalized spacial score (nSPS) is 9.73. The number of hydrogen-bond acceptors (Lipinski definition) is 2. The number of benzene rings is 1. The summed E-state index contributed by atoms with van der Waals surface area (Å²) in [5, 5.41) is 2.80. The molecule has 0 unspecified atom stereocenters. The fourth-order valence-corrected chi connectivity index (χ4v) is 1.14. The zero-order valence-corrected chi connectivity index (χ0v) is 9.16. The van der Waals surface area contributed by atoms with Crippen LogP contribution in [0.5, 0.6) is 0 Å². The van der Waals surface area contributed by atoms with Gasteiger partial charge in [0.15, 0.2) is 0 Å². The van der Waals surface area contributed by atoms with Crippen LogP contribution >= 0.6 is 0 Å². The second kappa shape index (κ2) is 5.24. The van der Waals surface area contributed by atoms with Crippen LogP contribution in [0.4, 0.5) is 10.5 Å². The number of rotatable bonds is 3. The van der Waals surface area contributed by atoms with Crippen molar-refractivity contribution in [3.63, 3.8) is 0 Å². The van der Waals surface area contributed by atoms with Gasteiger partial charge >= 0.3 is 6.03 Å². The largest absolute Gasteiger partial charge is 0.398 e. The fraction of sp³-hybridized carbons (Fsp3) is 0.364. The monoisotopic (exact) mass is 207 g/mol. The van der Waals surface area contributed by atoms with Crippen molar-refractivity contribution >= 4 is 11.7 Å². The number of nitrogens with one attached hydrogen (secondary N) is 1. The summed E-state index contributed by atoms with van der Waals surface area (Å²) in [4.78, 5) is 13.0. The van der Waals surface area contributed by atoms with Gasteiger partial charge in [0.25, 0.3) is 0 Å². The average molecular weight is 207 g/mol. The number of carbonyl (C=O) groups excluding carboxylic acids is 1. The molecule has 0 spiro atoms. The highest BCUT2D eigenvalue weighted by molar-refractivity contribution is 5.74. The lowest BCUT2D eigenvalue weighted by atomic mass is 10.2. The number of amides is 2. The minimum absolute atomic E-state index is 0.0826. The summed E-state index contributed by atoms with van der Waals surface area (Å²) in [6, 6.07) is 7.42. The topological polar surface area (TPSA) is 58.4 Å². The molecule has 4 heteroatoms. The van der Waals surface area contributed by atoms with Crippen LogP contribution in [0.2, 0.25) is 0 Å². The Morgan fingerprint density at radius 3 is 2.73 bits per heavy atom. The summed E-state index contributed by atoms with van der Waals surface area (Å²) in [7, 11) is 1.75. The number of nitrogen functional groups attached to an aromatic ring is 1. The lowest BCUT2D eigenvalue weighted by Crippen LogP contribution is -2.36. The number of carbonyl (C=O) groups is 1. The van der Waals surface area contributed by atoms with Gasteiger partial charge in [0, 0.05) is 25.8 Å². The molecule has 0 aliphatic rings. The zero-order chi connectivity index (χ0) is 11.3. The molecule has 0 saturated carbocycles. The first-order valence-electron chi connectivity index (χ1n) is 4.97. The van der Waals surface area contributed by atoms with E-state index in [1.165, 1.54) is 0 Å². The van der Waals surface area contributed by atoms with Crippen LogP contribution in [0, 0.1) is 0 Å². The van der Waals surface area contributed by atoms with Crippen LogP contribution in [0.1, 0.15) is 12.5 Å². The van der Waals surface area contributed by atoms with Gasteiger partial charge in [0.05, 0.1) is 0 Å². The van der Waals surface area contributed by atoms with E-state index in [9.17, 15) is 4.79 Å². The SMILES string of the molecule is CCN(C)C(=O)NCc1ccccc1N. The maximum absolute atomic E-state index is 11.4. The molecule has 1 aromatic carbocycles. The first kappa shape index (κ1) is 11.4. The second-order valence-corrected chi connectivity index (χ2v) is 3.37. The average Bonchev–Trinajstić information content (AvgIpc) is 2.26. The Bertz CT molecular complexity index is 338. The van der Waals surface area contributed by atoms with E-state index in [0.29, 0.717) is 18.8 Å². The Labute approximate surface area is 90.1 Å². The number of nitrogens with two attached hydrogens (primary N) is 1. The third-order valence-corrected chi connectivity index (χ3v) is 2.31. The van der Waals surface area contributed by atoms with E-state index in [-0.39, 0.29) is 6.03 Å². The molecular weight excluding hydrogens is 190 g/mol. The molecule has 3 N–H and O–H groups in total. The van der Waals surface area contributed by atoms with E-state index in [1.54, 1.807) is 11.9 Å². The Morgan fingerprint density at radius 1 is 1.47 bits per heavy atom. The van der Waals surface area contributed by atoms with E-state index in [2.05, 4.69) is 5.32 Å². The quantitative estimate of drug-likeness (QED) is 0.737. The predicted octanol–water partition coefficient (Wildman–Crippen LogP) is 1.43. The van der Waals surface area contributed by atoms with Gasteiger partial charge in [-0.3, -0.25) is 0 Å². The molecule has 0 bridgehead atoms. The molecule has 15 heavy (non-hydrogen) atoms. The summed E-state index contributed by atoms with van der Waals surface area (Å²) < 4.78 is 0. The molecule has 1 rings (SSSR count). The fourth-order valence-electron chi connectivity index (χ4n) is 1.14. The van der Waals surface area contributed by atoms with Crippen molar-refractivity contribution in [1.29, 1.82) is 0 Å². The lowest BCUT2D eigenvalue weighted by Gasteiger charge is -2.15. The minimum Gasteiger partial charge on any atom is -0.398 e. The van der Waals surface area contributed by atoms with Crippen LogP contribution in [-0.2, 0) is 6.54 Å². The number of urea groups is 1. The van der Waals surface area contributed by atoms with Gasteiger partial charge in [0.1, 0.15) is 0 Å². The van der Waals surface area contributed by atoms with Crippen LogP contribution in [-0.4, -0.2) is 24.5 Å². The van der Waals surface area contributed by atoms with Crippen LogP contribution < -0.4 is 11.1 Å². The van der Waals surface area contributed by atoms with Crippen molar-refractivity contribution in [2.45, 2.75) is 13.5 Å². The molecule has 0 aromatic heterocycles. The number of hydrogen-bond donors (Lipinski definition) is 2. The molecule has 0 atom stereocenters. The van der Waals surface area contributed by atoms with Crippen LogP contribution in [0.3, 0.4) is 0 Å². The Balaban J connectivity index is 2.51. The molecule has 0 aliphatic heterocycles. The molecule has 82 valence electrons. The molecule has 0 fully saturated rings. The number of nitrogens with zero attached hydrogens (tertiary/aromatic N) is 1. The van der Waals surface area contributed by atoms with Gasteiger partial charge in [0.2, 0.25) is 0 Å². The van der Waals surface area contributed by atoms with Gasteiger partial charge in [-0.25, -0.2) is 4.79 Å². The highest BCUT2D eigenvalue weighted by Gasteiger charge is 2.05.